The van der Waals surface area contributed by atoms with E-state index >= 15 is 0 Å². The standard InChI is InChI=1S/C13H15N3O4/c1-19-9-11-12(13(17)18)14-15-16(11)7-8-20-10-5-3-2-4-6-10/h2-6H,7-9H2,1H3,(H,17,18). The average Bonchev–Trinajstić information content (AvgIpc) is 2.84. The monoisotopic (exact) mass is 277 g/mol. The molecule has 0 aliphatic carbocycles. The Morgan fingerprint density at radius 2 is 2.10 bits per heavy atom. The minimum Gasteiger partial charge on any atom is -0.492 e. The third-order valence-electron chi connectivity index (χ3n) is 2.64. The summed E-state index contributed by atoms with van der Waals surface area (Å²) in [7, 11) is 1.49. The summed E-state index contributed by atoms with van der Waals surface area (Å²) in [5.74, 6) is -0.369. The maximum absolute atomic E-state index is 11.0. The number of nitrogens with zero attached hydrogens (tertiary/aromatic N) is 3. The van der Waals surface area contributed by atoms with E-state index in [4.69, 9.17) is 14.6 Å². The summed E-state index contributed by atoms with van der Waals surface area (Å²) in [5, 5.41) is 16.5. The zero-order valence-electron chi connectivity index (χ0n) is 11.0. The van der Waals surface area contributed by atoms with Crippen molar-refractivity contribution in [3.05, 3.63) is 41.7 Å². The van der Waals surface area contributed by atoms with Crippen molar-refractivity contribution in [1.82, 2.24) is 15.0 Å². The van der Waals surface area contributed by atoms with E-state index in [9.17, 15) is 4.79 Å². The molecule has 20 heavy (non-hydrogen) atoms. The summed E-state index contributed by atoms with van der Waals surface area (Å²) in [4.78, 5) is 11.0. The van der Waals surface area contributed by atoms with Gasteiger partial charge in [0, 0.05) is 7.11 Å². The molecule has 0 amide bonds. The number of benzene rings is 1. The molecule has 0 atom stereocenters. The van der Waals surface area contributed by atoms with Gasteiger partial charge in [0.2, 0.25) is 0 Å². The van der Waals surface area contributed by atoms with Crippen LogP contribution >= 0.6 is 0 Å². The molecule has 7 nitrogen and oxygen atoms in total. The van der Waals surface area contributed by atoms with Gasteiger partial charge >= 0.3 is 5.97 Å². The number of carboxylic acids is 1. The maximum atomic E-state index is 11.0. The van der Waals surface area contributed by atoms with E-state index in [-0.39, 0.29) is 12.3 Å². The average molecular weight is 277 g/mol. The van der Waals surface area contributed by atoms with Crippen LogP contribution in [0.25, 0.3) is 0 Å². The van der Waals surface area contributed by atoms with Gasteiger partial charge in [0.05, 0.1) is 18.8 Å². The smallest absolute Gasteiger partial charge is 0.358 e. The lowest BCUT2D eigenvalue weighted by Gasteiger charge is -2.08. The lowest BCUT2D eigenvalue weighted by atomic mass is 10.3. The molecule has 0 radical (unpaired) electrons. The van der Waals surface area contributed by atoms with Gasteiger partial charge in [-0.15, -0.1) is 5.10 Å². The van der Waals surface area contributed by atoms with Gasteiger partial charge in [-0.2, -0.15) is 0 Å². The minimum atomic E-state index is -1.12. The molecule has 0 bridgehead atoms. The second-order valence-electron chi connectivity index (χ2n) is 4.01. The Hall–Kier alpha value is -2.41. The van der Waals surface area contributed by atoms with E-state index in [0.717, 1.165) is 5.75 Å². The van der Waals surface area contributed by atoms with Crippen molar-refractivity contribution in [1.29, 1.82) is 0 Å². The van der Waals surface area contributed by atoms with Crippen LogP contribution in [-0.2, 0) is 17.9 Å². The van der Waals surface area contributed by atoms with Crippen molar-refractivity contribution in [2.75, 3.05) is 13.7 Å². The second-order valence-corrected chi connectivity index (χ2v) is 4.01. The summed E-state index contributed by atoms with van der Waals surface area (Å²) in [6.45, 7) is 0.900. The highest BCUT2D eigenvalue weighted by atomic mass is 16.5. The molecule has 1 N–H and O–H groups in total. The molecule has 0 saturated carbocycles. The Morgan fingerprint density at radius 1 is 1.35 bits per heavy atom. The number of aromatic nitrogens is 3. The lowest BCUT2D eigenvalue weighted by Crippen LogP contribution is -2.14. The Kier molecular flexibility index (Phi) is 4.67. The van der Waals surface area contributed by atoms with Crippen LogP contribution in [0.15, 0.2) is 30.3 Å². The fraction of sp³-hybridized carbons (Fsp3) is 0.308. The van der Waals surface area contributed by atoms with E-state index in [2.05, 4.69) is 10.3 Å². The van der Waals surface area contributed by atoms with Crippen molar-refractivity contribution in [3.63, 3.8) is 0 Å². The van der Waals surface area contributed by atoms with Gasteiger partial charge in [0.1, 0.15) is 12.4 Å². The molecule has 0 aliphatic heterocycles. The third-order valence-corrected chi connectivity index (χ3v) is 2.64. The van der Waals surface area contributed by atoms with Gasteiger partial charge in [-0.25, -0.2) is 9.48 Å². The van der Waals surface area contributed by atoms with E-state index in [1.165, 1.54) is 11.8 Å². The number of rotatable bonds is 7. The van der Waals surface area contributed by atoms with Gasteiger partial charge in [0.25, 0.3) is 0 Å². The number of para-hydroxylation sites is 1. The van der Waals surface area contributed by atoms with Crippen LogP contribution in [0.5, 0.6) is 5.75 Å². The molecule has 1 aromatic carbocycles. The Morgan fingerprint density at radius 3 is 2.75 bits per heavy atom. The van der Waals surface area contributed by atoms with E-state index < -0.39 is 5.97 Å². The molecule has 1 heterocycles. The van der Waals surface area contributed by atoms with E-state index in [1.807, 2.05) is 30.3 Å². The summed E-state index contributed by atoms with van der Waals surface area (Å²) < 4.78 is 12.0. The highest BCUT2D eigenvalue weighted by molar-refractivity contribution is 5.86. The van der Waals surface area contributed by atoms with Crippen LogP contribution in [0.4, 0.5) is 0 Å². The Balaban J connectivity index is 2.00. The van der Waals surface area contributed by atoms with Gasteiger partial charge in [-0.1, -0.05) is 23.4 Å². The van der Waals surface area contributed by atoms with E-state index in [0.29, 0.717) is 18.8 Å². The maximum Gasteiger partial charge on any atom is 0.358 e. The largest absolute Gasteiger partial charge is 0.492 e. The summed E-state index contributed by atoms with van der Waals surface area (Å²) in [5.41, 5.74) is 0.336. The predicted molar refractivity (Wildman–Crippen MR) is 69.6 cm³/mol. The first-order chi connectivity index (χ1) is 9.72. The Bertz CT molecular complexity index is 568. The van der Waals surface area contributed by atoms with Gasteiger partial charge < -0.3 is 14.6 Å². The van der Waals surface area contributed by atoms with Gasteiger partial charge in [-0.05, 0) is 12.1 Å². The fourth-order valence-corrected chi connectivity index (χ4v) is 1.72. The zero-order chi connectivity index (χ0) is 14.4. The minimum absolute atomic E-state index is 0.0911. The molecule has 1 aromatic heterocycles. The van der Waals surface area contributed by atoms with Crippen LogP contribution in [0.3, 0.4) is 0 Å². The second kappa shape index (κ2) is 6.67. The highest BCUT2D eigenvalue weighted by Gasteiger charge is 2.18. The number of aromatic carboxylic acids is 1. The molecule has 0 aliphatic rings. The topological polar surface area (TPSA) is 86.5 Å². The Labute approximate surface area is 115 Å². The van der Waals surface area contributed by atoms with Crippen LogP contribution in [-0.4, -0.2) is 39.8 Å². The number of ether oxygens (including phenoxy) is 2. The number of hydrogen-bond donors (Lipinski definition) is 1. The summed E-state index contributed by atoms with van der Waals surface area (Å²) in [6, 6.07) is 9.35. The molecule has 106 valence electrons. The third kappa shape index (κ3) is 3.33. The fourth-order valence-electron chi connectivity index (χ4n) is 1.72. The number of carbonyl (C=O) groups is 1. The molecular formula is C13H15N3O4. The molecule has 2 rings (SSSR count). The number of methoxy groups -OCH3 is 1. The quantitative estimate of drug-likeness (QED) is 0.818. The van der Waals surface area contributed by atoms with Crippen LogP contribution in [0.2, 0.25) is 0 Å². The molecule has 7 heteroatoms. The first kappa shape index (κ1) is 14.0. The van der Waals surface area contributed by atoms with Crippen LogP contribution in [0.1, 0.15) is 16.2 Å². The lowest BCUT2D eigenvalue weighted by molar-refractivity contribution is 0.0684. The summed E-state index contributed by atoms with van der Waals surface area (Å²) in [6.07, 6.45) is 0. The zero-order valence-corrected chi connectivity index (χ0v) is 11.0. The molecule has 2 aromatic rings. The van der Waals surface area contributed by atoms with Crippen molar-refractivity contribution in [3.8, 4) is 5.75 Å². The van der Waals surface area contributed by atoms with Crippen LogP contribution < -0.4 is 4.74 Å². The van der Waals surface area contributed by atoms with Crippen molar-refractivity contribution >= 4 is 5.97 Å². The van der Waals surface area contributed by atoms with E-state index in [1.54, 1.807) is 0 Å². The normalized spacial score (nSPS) is 10.4. The molecule has 0 saturated heterocycles. The molecular weight excluding hydrogens is 262 g/mol. The van der Waals surface area contributed by atoms with Crippen molar-refractivity contribution < 1.29 is 19.4 Å². The number of carboxylic acid groups (broad SMARTS) is 1. The number of hydrogen-bond acceptors (Lipinski definition) is 5. The van der Waals surface area contributed by atoms with Gasteiger partial charge in [-0.3, -0.25) is 0 Å². The molecule has 0 spiro atoms. The molecule has 0 fully saturated rings. The van der Waals surface area contributed by atoms with Crippen molar-refractivity contribution in [2.45, 2.75) is 13.2 Å². The van der Waals surface area contributed by atoms with Gasteiger partial charge in [0.15, 0.2) is 5.69 Å². The first-order valence-corrected chi connectivity index (χ1v) is 6.05. The SMILES string of the molecule is COCc1c(C(=O)O)nnn1CCOc1ccccc1. The first-order valence-electron chi connectivity index (χ1n) is 6.05. The highest BCUT2D eigenvalue weighted by Crippen LogP contribution is 2.10. The van der Waals surface area contributed by atoms with Crippen molar-refractivity contribution in [2.24, 2.45) is 0 Å². The van der Waals surface area contributed by atoms with Crippen LogP contribution in [0, 0.1) is 0 Å². The summed E-state index contributed by atoms with van der Waals surface area (Å²) >= 11 is 0. The predicted octanol–water partition coefficient (Wildman–Crippen LogP) is 1.20. The molecule has 0 unspecified atom stereocenters.